The Bertz CT molecular complexity index is 982. The Balaban J connectivity index is 1.66. The Hall–Kier alpha value is -2.20. The number of aryl methyl sites for hydroxylation is 2. The molecule has 156 valence electrons. The Labute approximate surface area is 183 Å². The summed E-state index contributed by atoms with van der Waals surface area (Å²) in [5, 5.41) is 0.493. The number of benzene rings is 3. The van der Waals surface area contributed by atoms with Crippen LogP contribution in [0.2, 0.25) is 5.02 Å². The van der Waals surface area contributed by atoms with Crippen LogP contribution in [-0.4, -0.2) is 22.9 Å². The van der Waals surface area contributed by atoms with Crippen molar-refractivity contribution in [2.75, 3.05) is 13.1 Å². The van der Waals surface area contributed by atoms with Crippen LogP contribution >= 0.6 is 11.6 Å². The topological polar surface area (TPSA) is 6.48 Å². The van der Waals surface area contributed by atoms with Crippen molar-refractivity contribution in [1.82, 2.24) is 9.80 Å². The first-order valence-corrected chi connectivity index (χ1v) is 11.0. The number of halogens is 2. The Morgan fingerprint density at radius 1 is 0.900 bits per heavy atom. The second-order valence-electron chi connectivity index (χ2n) is 8.04. The van der Waals surface area contributed by atoms with Crippen LogP contribution in [0.5, 0.6) is 0 Å². The summed E-state index contributed by atoms with van der Waals surface area (Å²) in [4.78, 5) is 4.82. The number of hydrogen-bond donors (Lipinski definition) is 0. The molecule has 0 radical (unpaired) electrons. The van der Waals surface area contributed by atoms with Gasteiger partial charge in [-0.15, -0.1) is 0 Å². The zero-order valence-electron chi connectivity index (χ0n) is 17.6. The quantitative estimate of drug-likeness (QED) is 0.455. The standard InChI is InChI=1S/C26H28ClFN2/c1-3-20-11-13-21(14-12-20)26-29(17-22-8-5-4-7-19(22)2)15-16-30(26)18-23-24(27)9-6-10-25(23)28/h4-14,26H,3,15-18H2,1-2H3/t26-/m0/s1. The van der Waals surface area contributed by atoms with Gasteiger partial charge in [-0.05, 0) is 47.7 Å². The molecule has 3 aromatic rings. The van der Waals surface area contributed by atoms with Crippen LogP contribution in [0.25, 0.3) is 0 Å². The Kier molecular flexibility index (Phi) is 6.52. The van der Waals surface area contributed by atoms with Crippen LogP contribution in [-0.2, 0) is 19.5 Å². The monoisotopic (exact) mass is 422 g/mol. The van der Waals surface area contributed by atoms with E-state index in [9.17, 15) is 4.39 Å². The van der Waals surface area contributed by atoms with Gasteiger partial charge in [-0.1, -0.05) is 73.1 Å². The lowest BCUT2D eigenvalue weighted by Crippen LogP contribution is -2.31. The largest absolute Gasteiger partial charge is 0.278 e. The van der Waals surface area contributed by atoms with E-state index < -0.39 is 0 Å². The minimum atomic E-state index is -0.236. The van der Waals surface area contributed by atoms with Gasteiger partial charge in [-0.25, -0.2) is 4.39 Å². The van der Waals surface area contributed by atoms with Gasteiger partial charge in [-0.3, -0.25) is 9.80 Å². The molecule has 4 rings (SSSR count). The van der Waals surface area contributed by atoms with Gasteiger partial charge in [0.05, 0.1) is 6.17 Å². The SMILES string of the molecule is CCc1ccc([C@H]2N(Cc3ccccc3C)CCN2Cc2c(F)cccc2Cl)cc1. The van der Waals surface area contributed by atoms with E-state index in [1.807, 2.05) is 0 Å². The van der Waals surface area contributed by atoms with Crippen LogP contribution < -0.4 is 0 Å². The summed E-state index contributed by atoms with van der Waals surface area (Å²) in [5.41, 5.74) is 5.77. The van der Waals surface area contributed by atoms with Gasteiger partial charge in [0.2, 0.25) is 0 Å². The molecule has 0 amide bonds. The third kappa shape index (κ3) is 4.44. The van der Waals surface area contributed by atoms with Gasteiger partial charge in [-0.2, -0.15) is 0 Å². The summed E-state index contributed by atoms with van der Waals surface area (Å²) in [6.07, 6.45) is 1.11. The van der Waals surface area contributed by atoms with E-state index in [1.54, 1.807) is 12.1 Å². The summed E-state index contributed by atoms with van der Waals surface area (Å²) >= 11 is 6.35. The van der Waals surface area contributed by atoms with Crippen molar-refractivity contribution < 1.29 is 4.39 Å². The van der Waals surface area contributed by atoms with Gasteiger partial charge < -0.3 is 0 Å². The fraction of sp³-hybridized carbons (Fsp3) is 0.308. The molecule has 2 nitrogen and oxygen atoms in total. The molecule has 0 unspecified atom stereocenters. The van der Waals surface area contributed by atoms with Crippen molar-refractivity contribution in [2.45, 2.75) is 39.5 Å². The summed E-state index contributed by atoms with van der Waals surface area (Å²) in [7, 11) is 0. The van der Waals surface area contributed by atoms with Gasteiger partial charge in [0.25, 0.3) is 0 Å². The summed E-state index contributed by atoms with van der Waals surface area (Å²) in [5.74, 6) is -0.236. The molecular weight excluding hydrogens is 395 g/mol. The second-order valence-corrected chi connectivity index (χ2v) is 8.44. The van der Waals surface area contributed by atoms with Crippen molar-refractivity contribution in [3.05, 3.63) is 105 Å². The average molecular weight is 423 g/mol. The van der Waals surface area contributed by atoms with E-state index in [0.29, 0.717) is 17.1 Å². The van der Waals surface area contributed by atoms with Gasteiger partial charge in [0.1, 0.15) is 5.82 Å². The van der Waals surface area contributed by atoms with E-state index in [2.05, 4.69) is 72.2 Å². The van der Waals surface area contributed by atoms with E-state index >= 15 is 0 Å². The lowest BCUT2D eigenvalue weighted by Gasteiger charge is -2.31. The fourth-order valence-electron chi connectivity index (χ4n) is 4.30. The molecule has 0 aliphatic carbocycles. The highest BCUT2D eigenvalue weighted by Crippen LogP contribution is 2.34. The maximum atomic E-state index is 14.5. The van der Waals surface area contributed by atoms with Crippen molar-refractivity contribution in [3.63, 3.8) is 0 Å². The predicted molar refractivity (Wildman–Crippen MR) is 122 cm³/mol. The molecule has 1 aliphatic heterocycles. The third-order valence-electron chi connectivity index (χ3n) is 6.11. The third-order valence-corrected chi connectivity index (χ3v) is 6.46. The molecule has 0 saturated carbocycles. The molecule has 0 spiro atoms. The number of hydrogen-bond acceptors (Lipinski definition) is 2. The lowest BCUT2D eigenvalue weighted by atomic mass is 10.0. The zero-order valence-corrected chi connectivity index (χ0v) is 18.4. The molecule has 0 bridgehead atoms. The summed E-state index contributed by atoms with van der Waals surface area (Å²) in [6, 6.07) is 22.3. The highest BCUT2D eigenvalue weighted by Gasteiger charge is 2.34. The van der Waals surface area contributed by atoms with Gasteiger partial charge in [0, 0.05) is 36.8 Å². The Morgan fingerprint density at radius 3 is 2.27 bits per heavy atom. The van der Waals surface area contributed by atoms with Crippen molar-refractivity contribution in [2.24, 2.45) is 0 Å². The molecule has 1 heterocycles. The van der Waals surface area contributed by atoms with Crippen molar-refractivity contribution in [1.29, 1.82) is 0 Å². The molecule has 3 aromatic carbocycles. The van der Waals surface area contributed by atoms with Crippen LogP contribution in [0.3, 0.4) is 0 Å². The van der Waals surface area contributed by atoms with Gasteiger partial charge >= 0.3 is 0 Å². The average Bonchev–Trinajstić information content (AvgIpc) is 3.14. The highest BCUT2D eigenvalue weighted by atomic mass is 35.5. The van der Waals surface area contributed by atoms with Gasteiger partial charge in [0.15, 0.2) is 0 Å². The first-order valence-electron chi connectivity index (χ1n) is 10.6. The molecule has 0 aromatic heterocycles. The Morgan fingerprint density at radius 2 is 1.60 bits per heavy atom. The van der Waals surface area contributed by atoms with Crippen LogP contribution in [0.4, 0.5) is 4.39 Å². The molecule has 1 aliphatic rings. The van der Waals surface area contributed by atoms with E-state index in [4.69, 9.17) is 11.6 Å². The normalized spacial score (nSPS) is 17.5. The highest BCUT2D eigenvalue weighted by molar-refractivity contribution is 6.31. The molecule has 30 heavy (non-hydrogen) atoms. The number of nitrogens with zero attached hydrogens (tertiary/aromatic N) is 2. The summed E-state index contributed by atoms with van der Waals surface area (Å²) in [6.45, 7) is 7.50. The molecule has 1 atom stereocenters. The summed E-state index contributed by atoms with van der Waals surface area (Å²) < 4.78 is 14.5. The second kappa shape index (κ2) is 9.30. The lowest BCUT2D eigenvalue weighted by molar-refractivity contribution is 0.124. The first-order chi connectivity index (χ1) is 14.6. The van der Waals surface area contributed by atoms with E-state index in [0.717, 1.165) is 26.1 Å². The van der Waals surface area contributed by atoms with Crippen LogP contribution in [0.1, 0.15) is 40.9 Å². The van der Waals surface area contributed by atoms with Crippen molar-refractivity contribution >= 4 is 11.6 Å². The minimum Gasteiger partial charge on any atom is -0.278 e. The molecule has 1 saturated heterocycles. The minimum absolute atomic E-state index is 0.0891. The van der Waals surface area contributed by atoms with Crippen LogP contribution in [0.15, 0.2) is 66.7 Å². The van der Waals surface area contributed by atoms with Crippen LogP contribution in [0, 0.1) is 12.7 Å². The van der Waals surface area contributed by atoms with Crippen molar-refractivity contribution in [3.8, 4) is 0 Å². The number of rotatable bonds is 6. The fourth-order valence-corrected chi connectivity index (χ4v) is 4.53. The molecule has 1 fully saturated rings. The first kappa shape index (κ1) is 21.0. The predicted octanol–water partition coefficient (Wildman–Crippen LogP) is 6.37. The maximum absolute atomic E-state index is 14.5. The van der Waals surface area contributed by atoms with E-state index in [-0.39, 0.29) is 12.0 Å². The molecule has 4 heteroatoms. The molecular formula is C26H28ClFN2. The van der Waals surface area contributed by atoms with E-state index in [1.165, 1.54) is 28.3 Å². The molecule has 0 N–H and O–H groups in total. The maximum Gasteiger partial charge on any atom is 0.129 e. The zero-order chi connectivity index (χ0) is 21.1. The smallest absolute Gasteiger partial charge is 0.129 e.